The molecule has 0 radical (unpaired) electrons. The van der Waals surface area contributed by atoms with Crippen molar-refractivity contribution in [2.24, 2.45) is 0 Å². The molecule has 1 fully saturated rings. The molecule has 36 heavy (non-hydrogen) atoms. The van der Waals surface area contributed by atoms with E-state index in [4.69, 9.17) is 21.1 Å². The summed E-state index contributed by atoms with van der Waals surface area (Å²) in [6, 6.07) is 14.6. The average molecular weight is 503 g/mol. The van der Waals surface area contributed by atoms with Crippen LogP contribution in [0.5, 0.6) is 11.6 Å². The highest BCUT2D eigenvalue weighted by atomic mass is 35.5. The Morgan fingerprint density at radius 1 is 1.19 bits per heavy atom. The molecule has 0 saturated carbocycles. The van der Waals surface area contributed by atoms with E-state index in [0.717, 1.165) is 12.1 Å². The van der Waals surface area contributed by atoms with Gasteiger partial charge in [0.15, 0.2) is 5.82 Å². The third kappa shape index (κ3) is 5.36. The number of amides is 1. The zero-order chi connectivity index (χ0) is 24.9. The maximum Gasteiger partial charge on any atom is 0.246 e. The highest BCUT2D eigenvalue weighted by Crippen LogP contribution is 2.31. The summed E-state index contributed by atoms with van der Waals surface area (Å²) < 4.78 is 11.8. The molecule has 10 heteroatoms. The van der Waals surface area contributed by atoms with Crippen LogP contribution in [-0.4, -0.2) is 49.9 Å². The Hall–Kier alpha value is -4.24. The molecule has 1 saturated heterocycles. The molecule has 0 bridgehead atoms. The molecule has 1 aliphatic rings. The second kappa shape index (κ2) is 10.6. The van der Waals surface area contributed by atoms with Crippen LogP contribution < -0.4 is 14.8 Å². The molecular formula is C26H23ClN6O3. The lowest BCUT2D eigenvalue weighted by Gasteiger charge is -2.15. The zero-order valence-electron chi connectivity index (χ0n) is 19.3. The summed E-state index contributed by atoms with van der Waals surface area (Å²) in [4.78, 5) is 31.1. The molecule has 9 nitrogen and oxygen atoms in total. The van der Waals surface area contributed by atoms with Crippen LogP contribution in [0.1, 0.15) is 12.1 Å². The summed E-state index contributed by atoms with van der Waals surface area (Å²) in [5, 5.41) is 3.70. The molecule has 1 aliphatic heterocycles. The maximum atomic E-state index is 11.8. The second-order valence-electron chi connectivity index (χ2n) is 8.14. The number of anilines is 2. The molecule has 0 spiro atoms. The van der Waals surface area contributed by atoms with Gasteiger partial charge in [0, 0.05) is 30.9 Å². The second-order valence-corrected chi connectivity index (χ2v) is 8.54. The van der Waals surface area contributed by atoms with Crippen molar-refractivity contribution in [2.45, 2.75) is 19.1 Å². The van der Waals surface area contributed by atoms with Crippen LogP contribution >= 0.6 is 11.6 Å². The fraction of sp³-hybridized carbons (Fsp3) is 0.192. The first-order valence-corrected chi connectivity index (χ1v) is 11.8. The monoisotopic (exact) mass is 502 g/mol. The third-order valence-corrected chi connectivity index (χ3v) is 5.97. The van der Waals surface area contributed by atoms with E-state index in [1.807, 2.05) is 30.3 Å². The van der Waals surface area contributed by atoms with Crippen LogP contribution in [0.2, 0.25) is 5.02 Å². The Kier molecular flexibility index (Phi) is 6.90. The van der Waals surface area contributed by atoms with Gasteiger partial charge in [-0.3, -0.25) is 9.78 Å². The molecule has 4 heterocycles. The van der Waals surface area contributed by atoms with E-state index < -0.39 is 0 Å². The number of fused-ring (bicyclic) bond motifs is 1. The molecule has 3 aromatic heterocycles. The lowest BCUT2D eigenvalue weighted by Crippen LogP contribution is -2.29. The number of ether oxygens (including phenoxy) is 2. The average Bonchev–Trinajstić information content (AvgIpc) is 3.37. The molecule has 1 amide bonds. The number of hydrogen-bond donors (Lipinski definition) is 1. The number of carbonyl (C=O) groups excluding carboxylic acids is 1. The van der Waals surface area contributed by atoms with Gasteiger partial charge in [-0.1, -0.05) is 24.2 Å². The Morgan fingerprint density at radius 3 is 2.92 bits per heavy atom. The normalized spacial score (nSPS) is 15.0. The summed E-state index contributed by atoms with van der Waals surface area (Å²) >= 11 is 6.46. The van der Waals surface area contributed by atoms with E-state index in [9.17, 15) is 4.79 Å². The first-order chi connectivity index (χ1) is 17.6. The lowest BCUT2D eigenvalue weighted by atomic mass is 10.2. The molecule has 4 aromatic rings. The van der Waals surface area contributed by atoms with Gasteiger partial charge in [0.1, 0.15) is 30.3 Å². The van der Waals surface area contributed by atoms with Crippen LogP contribution in [0.3, 0.4) is 0 Å². The summed E-state index contributed by atoms with van der Waals surface area (Å²) in [7, 11) is 0. The number of halogens is 1. The van der Waals surface area contributed by atoms with Gasteiger partial charge >= 0.3 is 0 Å². The van der Waals surface area contributed by atoms with Crippen LogP contribution in [0.4, 0.5) is 11.5 Å². The largest absolute Gasteiger partial charge is 0.486 e. The van der Waals surface area contributed by atoms with E-state index in [2.05, 4.69) is 31.8 Å². The van der Waals surface area contributed by atoms with E-state index in [-0.39, 0.29) is 12.0 Å². The van der Waals surface area contributed by atoms with Crippen molar-refractivity contribution in [3.63, 3.8) is 0 Å². The molecule has 1 atom stereocenters. The smallest absolute Gasteiger partial charge is 0.246 e. The Morgan fingerprint density at radius 2 is 2.11 bits per heavy atom. The van der Waals surface area contributed by atoms with E-state index in [1.165, 1.54) is 12.4 Å². The summed E-state index contributed by atoms with van der Waals surface area (Å²) in [5.74, 6) is 1.40. The van der Waals surface area contributed by atoms with Gasteiger partial charge < -0.3 is 19.7 Å². The summed E-state index contributed by atoms with van der Waals surface area (Å²) in [6.45, 7) is 4.98. The van der Waals surface area contributed by atoms with Crippen LogP contribution in [0, 0.1) is 0 Å². The minimum Gasteiger partial charge on any atom is -0.486 e. The quantitative estimate of drug-likeness (QED) is 0.350. The standard InChI is InChI=1S/C26H23ClN6O3/c1-2-24(34)33-12-10-19(14-33)36-23-9-7-21-25(32-23)26(30-16-29-21)31-17-6-8-22(20(27)13-17)35-15-18-5-3-4-11-28-18/h2-9,11,13,16,19H,1,10,12,14-15H2,(H,29,30,31)/t19-/m0/s1. The SMILES string of the molecule is C=CC(=O)N1CC[C@H](Oc2ccc3ncnc(Nc4ccc(OCc5ccccn5)c(Cl)c4)c3n2)C1. The number of rotatable bonds is 8. The summed E-state index contributed by atoms with van der Waals surface area (Å²) in [5.41, 5.74) is 2.74. The molecule has 1 aromatic carbocycles. The molecule has 1 N–H and O–H groups in total. The van der Waals surface area contributed by atoms with Gasteiger partial charge in [-0.15, -0.1) is 0 Å². The van der Waals surface area contributed by atoms with Crippen LogP contribution in [-0.2, 0) is 11.4 Å². The first-order valence-electron chi connectivity index (χ1n) is 11.4. The molecular weight excluding hydrogens is 480 g/mol. The Labute approximate surface area is 212 Å². The fourth-order valence-electron chi connectivity index (χ4n) is 3.87. The van der Waals surface area contributed by atoms with Crippen molar-refractivity contribution in [2.75, 3.05) is 18.4 Å². The van der Waals surface area contributed by atoms with Gasteiger partial charge in [-0.2, -0.15) is 0 Å². The number of benzene rings is 1. The van der Waals surface area contributed by atoms with Crippen molar-refractivity contribution >= 4 is 40.0 Å². The molecule has 0 unspecified atom stereocenters. The molecule has 182 valence electrons. The van der Waals surface area contributed by atoms with E-state index in [0.29, 0.717) is 58.9 Å². The number of nitrogens with zero attached hydrogens (tertiary/aromatic N) is 5. The lowest BCUT2D eigenvalue weighted by molar-refractivity contribution is -0.125. The minimum atomic E-state index is -0.141. The third-order valence-electron chi connectivity index (χ3n) is 5.67. The predicted molar refractivity (Wildman–Crippen MR) is 136 cm³/mol. The summed E-state index contributed by atoms with van der Waals surface area (Å²) in [6.07, 6.45) is 5.09. The topological polar surface area (TPSA) is 102 Å². The molecule has 0 aliphatic carbocycles. The van der Waals surface area contributed by atoms with Gasteiger partial charge in [0.25, 0.3) is 0 Å². The minimum absolute atomic E-state index is 0.0979. The van der Waals surface area contributed by atoms with Crippen molar-refractivity contribution in [3.05, 3.63) is 84.4 Å². The Bertz CT molecular complexity index is 1400. The van der Waals surface area contributed by atoms with Gasteiger partial charge in [0.2, 0.25) is 11.8 Å². The van der Waals surface area contributed by atoms with Crippen molar-refractivity contribution in [1.82, 2.24) is 24.8 Å². The number of nitrogens with one attached hydrogen (secondary N) is 1. The molecule has 5 rings (SSSR count). The number of hydrogen-bond acceptors (Lipinski definition) is 8. The van der Waals surface area contributed by atoms with Crippen molar-refractivity contribution in [1.29, 1.82) is 0 Å². The highest BCUT2D eigenvalue weighted by molar-refractivity contribution is 6.32. The number of carbonyl (C=O) groups is 1. The van der Waals surface area contributed by atoms with Crippen molar-refractivity contribution < 1.29 is 14.3 Å². The van der Waals surface area contributed by atoms with E-state index >= 15 is 0 Å². The van der Waals surface area contributed by atoms with Crippen LogP contribution in [0.15, 0.2) is 73.7 Å². The fourth-order valence-corrected chi connectivity index (χ4v) is 4.11. The van der Waals surface area contributed by atoms with Crippen LogP contribution in [0.25, 0.3) is 11.0 Å². The maximum absolute atomic E-state index is 11.8. The van der Waals surface area contributed by atoms with Gasteiger partial charge in [0.05, 0.1) is 22.8 Å². The van der Waals surface area contributed by atoms with E-state index in [1.54, 1.807) is 29.3 Å². The number of likely N-dealkylation sites (tertiary alicyclic amines) is 1. The number of pyridine rings is 2. The number of aromatic nitrogens is 4. The van der Waals surface area contributed by atoms with Gasteiger partial charge in [-0.25, -0.2) is 15.0 Å². The predicted octanol–water partition coefficient (Wildman–Crippen LogP) is 4.56. The van der Waals surface area contributed by atoms with Crippen molar-refractivity contribution in [3.8, 4) is 11.6 Å². The zero-order valence-corrected chi connectivity index (χ0v) is 20.1. The highest BCUT2D eigenvalue weighted by Gasteiger charge is 2.26. The van der Waals surface area contributed by atoms with Gasteiger partial charge in [-0.05, 0) is 42.5 Å². The Balaban J connectivity index is 1.30. The first kappa shape index (κ1) is 23.5.